The Balaban J connectivity index is 1.51. The molecule has 0 unspecified atom stereocenters. The highest BCUT2D eigenvalue weighted by Crippen LogP contribution is 2.30. The number of hydrogen-bond acceptors (Lipinski definition) is 5. The first-order valence-electron chi connectivity index (χ1n) is 8.11. The molecular formula is C17H19F3N4O. The van der Waals surface area contributed by atoms with Crippen molar-refractivity contribution in [3.8, 4) is 5.75 Å². The number of rotatable bonds is 4. The van der Waals surface area contributed by atoms with Crippen molar-refractivity contribution >= 4 is 5.82 Å². The first-order chi connectivity index (χ1) is 11.9. The fourth-order valence-corrected chi connectivity index (χ4v) is 2.81. The Kier molecular flexibility index (Phi) is 5.06. The van der Waals surface area contributed by atoms with Crippen LogP contribution in [0.4, 0.5) is 19.0 Å². The summed E-state index contributed by atoms with van der Waals surface area (Å²) in [5, 5.41) is 0. The standard InChI is InChI=1S/C17H19F3N4O/c1-12-8-16(23-11-22-12)24-6-3-13(4-7-24)10-25-14-2-5-21-15(9-14)17(18,19)20/h2,5,8-9,11,13H,3-4,6-7,10H2,1H3. The van der Waals surface area contributed by atoms with Gasteiger partial charge < -0.3 is 9.64 Å². The van der Waals surface area contributed by atoms with Gasteiger partial charge in [-0.3, -0.25) is 4.98 Å². The molecule has 0 bridgehead atoms. The third-order valence-electron chi connectivity index (χ3n) is 4.24. The molecule has 0 atom stereocenters. The quantitative estimate of drug-likeness (QED) is 0.843. The first-order valence-corrected chi connectivity index (χ1v) is 8.11. The van der Waals surface area contributed by atoms with Gasteiger partial charge in [0.25, 0.3) is 0 Å². The highest BCUT2D eigenvalue weighted by atomic mass is 19.4. The Bertz CT molecular complexity index is 715. The van der Waals surface area contributed by atoms with E-state index in [1.165, 1.54) is 6.07 Å². The molecule has 8 heteroatoms. The molecular weight excluding hydrogens is 333 g/mol. The van der Waals surface area contributed by atoms with E-state index >= 15 is 0 Å². The van der Waals surface area contributed by atoms with Crippen molar-refractivity contribution in [2.45, 2.75) is 25.9 Å². The van der Waals surface area contributed by atoms with E-state index in [1.807, 2.05) is 13.0 Å². The van der Waals surface area contributed by atoms with Crippen LogP contribution < -0.4 is 9.64 Å². The molecule has 25 heavy (non-hydrogen) atoms. The van der Waals surface area contributed by atoms with Crippen LogP contribution in [0.2, 0.25) is 0 Å². The smallest absolute Gasteiger partial charge is 0.433 e. The van der Waals surface area contributed by atoms with E-state index in [4.69, 9.17) is 4.74 Å². The van der Waals surface area contributed by atoms with E-state index in [-0.39, 0.29) is 5.75 Å². The third-order valence-corrected chi connectivity index (χ3v) is 4.24. The fourth-order valence-electron chi connectivity index (χ4n) is 2.81. The molecule has 1 fully saturated rings. The van der Waals surface area contributed by atoms with Crippen LogP contribution in [-0.4, -0.2) is 34.6 Å². The van der Waals surface area contributed by atoms with Crippen LogP contribution in [0.3, 0.4) is 0 Å². The summed E-state index contributed by atoms with van der Waals surface area (Å²) >= 11 is 0. The van der Waals surface area contributed by atoms with Crippen molar-refractivity contribution in [3.63, 3.8) is 0 Å². The highest BCUT2D eigenvalue weighted by molar-refractivity contribution is 5.39. The summed E-state index contributed by atoms with van der Waals surface area (Å²) < 4.78 is 43.5. The molecule has 2 aromatic heterocycles. The van der Waals surface area contributed by atoms with Crippen molar-refractivity contribution in [1.82, 2.24) is 15.0 Å². The second-order valence-corrected chi connectivity index (χ2v) is 6.13. The number of halogens is 3. The largest absolute Gasteiger partial charge is 0.493 e. The molecule has 2 aromatic rings. The van der Waals surface area contributed by atoms with E-state index in [0.717, 1.165) is 49.7 Å². The fraction of sp³-hybridized carbons (Fsp3) is 0.471. The number of aromatic nitrogens is 3. The maximum atomic E-state index is 12.7. The number of hydrogen-bond donors (Lipinski definition) is 0. The summed E-state index contributed by atoms with van der Waals surface area (Å²) in [6.45, 7) is 4.01. The predicted molar refractivity (Wildman–Crippen MR) is 86.4 cm³/mol. The second-order valence-electron chi connectivity index (χ2n) is 6.13. The summed E-state index contributed by atoms with van der Waals surface area (Å²) in [5.41, 5.74) is -0.00689. The van der Waals surface area contributed by atoms with Crippen LogP contribution in [0.1, 0.15) is 24.2 Å². The van der Waals surface area contributed by atoms with Gasteiger partial charge in [0.1, 0.15) is 23.6 Å². The van der Waals surface area contributed by atoms with Gasteiger partial charge in [0.2, 0.25) is 0 Å². The predicted octanol–water partition coefficient (Wildman–Crippen LogP) is 3.49. The Morgan fingerprint density at radius 3 is 2.60 bits per heavy atom. The zero-order valence-corrected chi connectivity index (χ0v) is 13.8. The number of nitrogens with zero attached hydrogens (tertiary/aromatic N) is 4. The van der Waals surface area contributed by atoms with Gasteiger partial charge >= 0.3 is 6.18 Å². The van der Waals surface area contributed by atoms with Crippen LogP contribution in [0, 0.1) is 12.8 Å². The minimum absolute atomic E-state index is 0.205. The van der Waals surface area contributed by atoms with Gasteiger partial charge in [-0.1, -0.05) is 0 Å². The topological polar surface area (TPSA) is 51.1 Å². The lowest BCUT2D eigenvalue weighted by atomic mass is 9.98. The van der Waals surface area contributed by atoms with Crippen LogP contribution in [0.5, 0.6) is 5.75 Å². The number of alkyl halides is 3. The second kappa shape index (κ2) is 7.25. The monoisotopic (exact) mass is 352 g/mol. The summed E-state index contributed by atoms with van der Waals surface area (Å²) in [4.78, 5) is 13.9. The molecule has 0 saturated carbocycles. The molecule has 0 aliphatic carbocycles. The van der Waals surface area contributed by atoms with Crippen molar-refractivity contribution in [2.75, 3.05) is 24.6 Å². The minimum Gasteiger partial charge on any atom is -0.493 e. The number of pyridine rings is 1. The van der Waals surface area contributed by atoms with Gasteiger partial charge in [0, 0.05) is 37.1 Å². The van der Waals surface area contributed by atoms with Gasteiger partial charge in [0.05, 0.1) is 6.61 Å². The zero-order chi connectivity index (χ0) is 17.9. The average molecular weight is 352 g/mol. The van der Waals surface area contributed by atoms with E-state index in [2.05, 4.69) is 19.9 Å². The molecule has 1 aliphatic heterocycles. The molecule has 3 rings (SSSR count). The Morgan fingerprint density at radius 1 is 1.16 bits per heavy atom. The number of piperidine rings is 1. The molecule has 0 N–H and O–H groups in total. The molecule has 0 amide bonds. The van der Waals surface area contributed by atoms with Crippen molar-refractivity contribution < 1.29 is 17.9 Å². The van der Waals surface area contributed by atoms with E-state index in [0.29, 0.717) is 12.5 Å². The lowest BCUT2D eigenvalue weighted by Crippen LogP contribution is -2.36. The lowest BCUT2D eigenvalue weighted by Gasteiger charge is -2.32. The number of ether oxygens (including phenoxy) is 1. The van der Waals surface area contributed by atoms with E-state index in [9.17, 15) is 13.2 Å². The van der Waals surface area contributed by atoms with Crippen molar-refractivity contribution in [1.29, 1.82) is 0 Å². The van der Waals surface area contributed by atoms with E-state index < -0.39 is 11.9 Å². The molecule has 134 valence electrons. The van der Waals surface area contributed by atoms with Crippen LogP contribution in [-0.2, 0) is 6.18 Å². The molecule has 0 aromatic carbocycles. The summed E-state index contributed by atoms with van der Waals surface area (Å²) in [7, 11) is 0. The maximum absolute atomic E-state index is 12.7. The van der Waals surface area contributed by atoms with Crippen molar-refractivity contribution in [3.05, 3.63) is 42.1 Å². The first kappa shape index (κ1) is 17.4. The summed E-state index contributed by atoms with van der Waals surface area (Å²) in [5.74, 6) is 1.42. The SMILES string of the molecule is Cc1cc(N2CCC(COc3ccnc(C(F)(F)F)c3)CC2)ncn1. The molecule has 5 nitrogen and oxygen atoms in total. The molecule has 3 heterocycles. The number of anilines is 1. The van der Waals surface area contributed by atoms with E-state index in [1.54, 1.807) is 6.33 Å². The Morgan fingerprint density at radius 2 is 1.92 bits per heavy atom. The minimum atomic E-state index is -4.46. The van der Waals surface area contributed by atoms with Gasteiger partial charge in [-0.2, -0.15) is 13.2 Å². The third kappa shape index (κ3) is 4.58. The molecule has 1 aliphatic rings. The molecule has 0 radical (unpaired) electrons. The van der Waals surface area contributed by atoms with Gasteiger partial charge in [-0.15, -0.1) is 0 Å². The van der Waals surface area contributed by atoms with Crippen LogP contribution >= 0.6 is 0 Å². The summed E-state index contributed by atoms with van der Waals surface area (Å²) in [6.07, 6.45) is 0.0284. The van der Waals surface area contributed by atoms with Crippen LogP contribution in [0.15, 0.2) is 30.7 Å². The van der Waals surface area contributed by atoms with Crippen LogP contribution in [0.25, 0.3) is 0 Å². The number of aryl methyl sites for hydroxylation is 1. The highest BCUT2D eigenvalue weighted by Gasteiger charge is 2.32. The van der Waals surface area contributed by atoms with Gasteiger partial charge in [0.15, 0.2) is 0 Å². The van der Waals surface area contributed by atoms with Gasteiger partial charge in [-0.05, 0) is 31.7 Å². The average Bonchev–Trinajstić information content (AvgIpc) is 2.60. The molecule has 0 spiro atoms. The lowest BCUT2D eigenvalue weighted by molar-refractivity contribution is -0.141. The normalized spacial score (nSPS) is 16.1. The molecule has 1 saturated heterocycles. The zero-order valence-electron chi connectivity index (χ0n) is 13.8. The Hall–Kier alpha value is -2.38. The Labute approximate surface area is 143 Å². The summed E-state index contributed by atoms with van der Waals surface area (Å²) in [6, 6.07) is 4.35. The van der Waals surface area contributed by atoms with Crippen molar-refractivity contribution in [2.24, 2.45) is 5.92 Å². The van der Waals surface area contributed by atoms with Gasteiger partial charge in [-0.25, -0.2) is 9.97 Å². The maximum Gasteiger partial charge on any atom is 0.433 e.